The van der Waals surface area contributed by atoms with Gasteiger partial charge in [0.05, 0.1) is 6.07 Å². The van der Waals surface area contributed by atoms with E-state index in [9.17, 15) is 10.1 Å². The predicted octanol–water partition coefficient (Wildman–Crippen LogP) is 3.01. The number of hydrogen-bond donors (Lipinski definition) is 1. The molecule has 0 aromatic heterocycles. The van der Waals surface area contributed by atoms with Crippen LogP contribution in [0.2, 0.25) is 0 Å². The predicted molar refractivity (Wildman–Crippen MR) is 68.2 cm³/mol. The van der Waals surface area contributed by atoms with Gasteiger partial charge in [0.1, 0.15) is 5.54 Å². The average Bonchev–Trinajstić information content (AvgIpc) is 2.34. The first kappa shape index (κ1) is 14.0. The number of rotatable bonds is 4. The largest absolute Gasteiger partial charge is 0.338 e. The van der Waals surface area contributed by atoms with Crippen molar-refractivity contribution in [3.05, 3.63) is 0 Å². The highest BCUT2D eigenvalue weighted by molar-refractivity contribution is 5.79. The van der Waals surface area contributed by atoms with Crippen LogP contribution in [-0.4, -0.2) is 11.4 Å². The van der Waals surface area contributed by atoms with Crippen LogP contribution in [0.5, 0.6) is 0 Å². The van der Waals surface area contributed by atoms with Gasteiger partial charge >= 0.3 is 0 Å². The van der Waals surface area contributed by atoms with Gasteiger partial charge in [0.15, 0.2) is 0 Å². The van der Waals surface area contributed by atoms with E-state index in [-0.39, 0.29) is 11.8 Å². The molecule has 3 nitrogen and oxygen atoms in total. The fraction of sp³-hybridized carbons (Fsp3) is 0.857. The summed E-state index contributed by atoms with van der Waals surface area (Å²) in [4.78, 5) is 12.1. The minimum absolute atomic E-state index is 0.0552. The highest BCUT2D eigenvalue weighted by atomic mass is 16.2. The zero-order chi connectivity index (χ0) is 12.9. The summed E-state index contributed by atoms with van der Waals surface area (Å²) in [6.45, 7) is 6.26. The second kappa shape index (κ2) is 6.05. The van der Waals surface area contributed by atoms with Crippen LogP contribution in [0.15, 0.2) is 0 Å². The summed E-state index contributed by atoms with van der Waals surface area (Å²) in [5.41, 5.74) is -0.591. The van der Waals surface area contributed by atoms with Crippen molar-refractivity contribution in [2.75, 3.05) is 0 Å². The molecular formula is C14H24N2O. The van der Waals surface area contributed by atoms with Crippen molar-refractivity contribution in [3.8, 4) is 6.07 Å². The van der Waals surface area contributed by atoms with Crippen molar-refractivity contribution in [1.82, 2.24) is 5.32 Å². The highest BCUT2D eigenvalue weighted by Crippen LogP contribution is 2.31. The van der Waals surface area contributed by atoms with E-state index in [4.69, 9.17) is 0 Å². The number of nitrogens with one attached hydrogen (secondary N) is 1. The standard InChI is InChI=1S/C14H24N2O/c1-4-12(5-2)13(17)16-14(10-15)8-6-11(3)7-9-14/h11-12H,4-9H2,1-3H3,(H,16,17). The summed E-state index contributed by atoms with van der Waals surface area (Å²) in [5.74, 6) is 0.798. The van der Waals surface area contributed by atoms with E-state index in [2.05, 4.69) is 18.3 Å². The molecule has 0 aromatic rings. The monoisotopic (exact) mass is 236 g/mol. The van der Waals surface area contributed by atoms with Crippen LogP contribution in [0.25, 0.3) is 0 Å². The lowest BCUT2D eigenvalue weighted by Gasteiger charge is -2.35. The Labute approximate surface area is 105 Å². The molecule has 0 aromatic carbocycles. The molecule has 1 aliphatic rings. The minimum atomic E-state index is -0.591. The van der Waals surface area contributed by atoms with Crippen molar-refractivity contribution in [2.45, 2.75) is 64.8 Å². The molecule has 17 heavy (non-hydrogen) atoms. The Morgan fingerprint density at radius 1 is 1.41 bits per heavy atom. The van der Waals surface area contributed by atoms with Crippen LogP contribution in [0, 0.1) is 23.2 Å². The van der Waals surface area contributed by atoms with Gasteiger partial charge in [-0.1, -0.05) is 20.8 Å². The van der Waals surface area contributed by atoms with E-state index in [1.54, 1.807) is 0 Å². The van der Waals surface area contributed by atoms with E-state index in [1.165, 1.54) is 0 Å². The number of hydrogen-bond acceptors (Lipinski definition) is 2. The first-order valence-electron chi connectivity index (χ1n) is 6.80. The van der Waals surface area contributed by atoms with Gasteiger partial charge in [-0.2, -0.15) is 5.26 Å². The molecule has 1 saturated carbocycles. The van der Waals surface area contributed by atoms with Crippen molar-refractivity contribution in [3.63, 3.8) is 0 Å². The molecule has 1 fully saturated rings. The number of carbonyl (C=O) groups is 1. The molecule has 1 rings (SSSR count). The van der Waals surface area contributed by atoms with Crippen LogP contribution in [0.4, 0.5) is 0 Å². The lowest BCUT2D eigenvalue weighted by atomic mass is 9.77. The summed E-state index contributed by atoms with van der Waals surface area (Å²) in [7, 11) is 0. The van der Waals surface area contributed by atoms with E-state index < -0.39 is 5.54 Å². The summed E-state index contributed by atoms with van der Waals surface area (Å²) >= 11 is 0. The molecule has 0 atom stereocenters. The Hall–Kier alpha value is -1.04. The maximum absolute atomic E-state index is 12.1. The molecule has 1 aliphatic carbocycles. The van der Waals surface area contributed by atoms with Crippen molar-refractivity contribution >= 4 is 5.91 Å². The maximum atomic E-state index is 12.1. The fourth-order valence-corrected chi connectivity index (χ4v) is 2.52. The number of nitrogens with zero attached hydrogens (tertiary/aromatic N) is 1. The van der Waals surface area contributed by atoms with Crippen molar-refractivity contribution in [1.29, 1.82) is 5.26 Å². The van der Waals surface area contributed by atoms with Gasteiger partial charge in [0, 0.05) is 5.92 Å². The second-order valence-electron chi connectivity index (χ2n) is 5.38. The number of carbonyl (C=O) groups excluding carboxylic acids is 1. The first-order valence-corrected chi connectivity index (χ1v) is 6.80. The van der Waals surface area contributed by atoms with Crippen LogP contribution in [0.3, 0.4) is 0 Å². The summed E-state index contributed by atoms with van der Waals surface area (Å²) in [6.07, 6.45) is 5.38. The van der Waals surface area contributed by atoms with Gasteiger partial charge in [0.2, 0.25) is 5.91 Å². The Balaban J connectivity index is 2.64. The van der Waals surface area contributed by atoms with Crippen LogP contribution in [0.1, 0.15) is 59.3 Å². The molecule has 1 amide bonds. The average molecular weight is 236 g/mol. The molecular weight excluding hydrogens is 212 g/mol. The third-order valence-electron chi connectivity index (χ3n) is 4.06. The smallest absolute Gasteiger partial charge is 0.224 e. The van der Waals surface area contributed by atoms with Gasteiger partial charge in [0.25, 0.3) is 0 Å². The summed E-state index contributed by atoms with van der Waals surface area (Å²) in [6, 6.07) is 2.34. The number of amides is 1. The maximum Gasteiger partial charge on any atom is 0.224 e. The van der Waals surface area contributed by atoms with E-state index in [1.807, 2.05) is 13.8 Å². The SMILES string of the molecule is CCC(CC)C(=O)NC1(C#N)CCC(C)CC1. The van der Waals surface area contributed by atoms with Crippen molar-refractivity contribution in [2.24, 2.45) is 11.8 Å². The zero-order valence-corrected chi connectivity index (χ0v) is 11.3. The van der Waals surface area contributed by atoms with Gasteiger partial charge in [-0.05, 0) is 44.4 Å². The van der Waals surface area contributed by atoms with Gasteiger partial charge in [-0.15, -0.1) is 0 Å². The minimum Gasteiger partial charge on any atom is -0.338 e. The van der Waals surface area contributed by atoms with Gasteiger partial charge in [-0.25, -0.2) is 0 Å². The Kier molecular flexibility index (Phi) is 4.99. The normalized spacial score (nSPS) is 28.8. The van der Waals surface area contributed by atoms with E-state index in [0.717, 1.165) is 38.5 Å². The first-order chi connectivity index (χ1) is 8.06. The van der Waals surface area contributed by atoms with Crippen molar-refractivity contribution < 1.29 is 4.79 Å². The number of nitriles is 1. The molecule has 0 spiro atoms. The lowest BCUT2D eigenvalue weighted by Crippen LogP contribution is -2.51. The van der Waals surface area contributed by atoms with Crippen LogP contribution in [-0.2, 0) is 4.79 Å². The third kappa shape index (κ3) is 3.46. The summed E-state index contributed by atoms with van der Waals surface area (Å²) in [5, 5.41) is 12.3. The zero-order valence-electron chi connectivity index (χ0n) is 11.3. The molecule has 0 saturated heterocycles. The Morgan fingerprint density at radius 2 is 1.94 bits per heavy atom. The van der Waals surface area contributed by atoms with Gasteiger partial charge in [-0.3, -0.25) is 4.79 Å². The lowest BCUT2D eigenvalue weighted by molar-refractivity contribution is -0.127. The molecule has 0 unspecified atom stereocenters. The molecule has 0 aliphatic heterocycles. The second-order valence-corrected chi connectivity index (χ2v) is 5.38. The molecule has 96 valence electrons. The van der Waals surface area contributed by atoms with Gasteiger partial charge < -0.3 is 5.32 Å². The third-order valence-corrected chi connectivity index (χ3v) is 4.06. The fourth-order valence-electron chi connectivity index (χ4n) is 2.52. The van der Waals surface area contributed by atoms with E-state index in [0.29, 0.717) is 5.92 Å². The topological polar surface area (TPSA) is 52.9 Å². The molecule has 0 bridgehead atoms. The molecule has 0 heterocycles. The Morgan fingerprint density at radius 3 is 2.35 bits per heavy atom. The quantitative estimate of drug-likeness (QED) is 0.815. The Bertz CT molecular complexity index is 294. The summed E-state index contributed by atoms with van der Waals surface area (Å²) < 4.78 is 0. The van der Waals surface area contributed by atoms with Crippen LogP contribution < -0.4 is 5.32 Å². The van der Waals surface area contributed by atoms with Crippen LogP contribution >= 0.6 is 0 Å². The highest BCUT2D eigenvalue weighted by Gasteiger charge is 2.36. The van der Waals surface area contributed by atoms with E-state index >= 15 is 0 Å². The molecule has 3 heteroatoms. The molecule has 0 radical (unpaired) electrons. The molecule has 1 N–H and O–H groups in total.